The Bertz CT molecular complexity index is 408. The number of nitrogens with one attached hydrogen (secondary N) is 1. The van der Waals surface area contributed by atoms with Crippen molar-refractivity contribution in [1.82, 2.24) is 0 Å². The second kappa shape index (κ2) is 6.45. The van der Waals surface area contributed by atoms with Crippen molar-refractivity contribution in [2.75, 3.05) is 5.32 Å². The van der Waals surface area contributed by atoms with Gasteiger partial charge in [0.15, 0.2) is 0 Å². The predicted octanol–water partition coefficient (Wildman–Crippen LogP) is 5.32. The van der Waals surface area contributed by atoms with Gasteiger partial charge in [0, 0.05) is 11.7 Å². The summed E-state index contributed by atoms with van der Waals surface area (Å²) in [6.07, 6.45) is 6.90. The summed E-state index contributed by atoms with van der Waals surface area (Å²) in [4.78, 5) is 0. The van der Waals surface area contributed by atoms with Crippen LogP contribution in [0.5, 0.6) is 0 Å². The predicted molar refractivity (Wildman–Crippen MR) is 84.7 cm³/mol. The van der Waals surface area contributed by atoms with E-state index < -0.39 is 0 Å². The zero-order chi connectivity index (χ0) is 13.8. The second-order valence-electron chi connectivity index (χ2n) is 6.80. The van der Waals surface area contributed by atoms with Crippen LogP contribution in [-0.4, -0.2) is 6.04 Å². The fourth-order valence-corrected chi connectivity index (χ4v) is 3.37. The molecule has 2 atom stereocenters. The van der Waals surface area contributed by atoms with Gasteiger partial charge >= 0.3 is 0 Å². The molecule has 1 nitrogen and oxygen atoms in total. The summed E-state index contributed by atoms with van der Waals surface area (Å²) in [5, 5.41) is 3.75. The van der Waals surface area contributed by atoms with Gasteiger partial charge in [-0.2, -0.15) is 0 Å². The summed E-state index contributed by atoms with van der Waals surface area (Å²) < 4.78 is 0. The van der Waals surface area contributed by atoms with Crippen molar-refractivity contribution >= 4 is 5.69 Å². The van der Waals surface area contributed by atoms with Gasteiger partial charge < -0.3 is 5.32 Å². The van der Waals surface area contributed by atoms with Crippen LogP contribution in [0.3, 0.4) is 0 Å². The van der Waals surface area contributed by atoms with E-state index in [0.717, 1.165) is 11.8 Å². The first-order valence-electron chi connectivity index (χ1n) is 7.88. The third-order valence-electron chi connectivity index (χ3n) is 4.47. The molecule has 1 aliphatic rings. The van der Waals surface area contributed by atoms with Gasteiger partial charge in [0.1, 0.15) is 0 Å². The molecule has 0 amide bonds. The Balaban J connectivity index is 1.92. The maximum atomic E-state index is 3.75. The first kappa shape index (κ1) is 14.4. The molecule has 0 spiro atoms. The molecule has 19 heavy (non-hydrogen) atoms. The summed E-state index contributed by atoms with van der Waals surface area (Å²) in [6.45, 7) is 9.07. The molecule has 0 saturated heterocycles. The van der Waals surface area contributed by atoms with Gasteiger partial charge in [-0.3, -0.25) is 0 Å². The van der Waals surface area contributed by atoms with Gasteiger partial charge in [-0.25, -0.2) is 0 Å². The molecule has 0 bridgehead atoms. The first-order valence-corrected chi connectivity index (χ1v) is 7.88. The molecule has 1 aromatic rings. The normalized spacial score (nSPS) is 23.6. The van der Waals surface area contributed by atoms with Crippen LogP contribution in [0.1, 0.15) is 57.1 Å². The van der Waals surface area contributed by atoms with Crippen molar-refractivity contribution in [3.63, 3.8) is 0 Å². The van der Waals surface area contributed by atoms with Gasteiger partial charge in [-0.15, -0.1) is 0 Å². The van der Waals surface area contributed by atoms with Crippen LogP contribution >= 0.6 is 0 Å². The Kier molecular flexibility index (Phi) is 4.90. The number of aryl methyl sites for hydroxylation is 2. The number of hydrogen-bond acceptors (Lipinski definition) is 1. The maximum Gasteiger partial charge on any atom is 0.0345 e. The lowest BCUT2D eigenvalue weighted by atomic mass is 9.81. The molecule has 1 heteroatoms. The lowest BCUT2D eigenvalue weighted by Crippen LogP contribution is -2.28. The van der Waals surface area contributed by atoms with Crippen molar-refractivity contribution in [2.24, 2.45) is 11.8 Å². The quantitative estimate of drug-likeness (QED) is 0.771. The Labute approximate surface area is 118 Å². The Morgan fingerprint density at radius 1 is 1.16 bits per heavy atom. The summed E-state index contributed by atoms with van der Waals surface area (Å²) in [6, 6.07) is 7.43. The van der Waals surface area contributed by atoms with E-state index in [0.29, 0.717) is 6.04 Å². The van der Waals surface area contributed by atoms with Crippen molar-refractivity contribution in [1.29, 1.82) is 0 Å². The maximum absolute atomic E-state index is 3.75. The van der Waals surface area contributed by atoms with Crippen LogP contribution < -0.4 is 5.32 Å². The molecule has 106 valence electrons. The van der Waals surface area contributed by atoms with Crippen LogP contribution in [0.4, 0.5) is 5.69 Å². The van der Waals surface area contributed by atoms with Crippen LogP contribution in [0.15, 0.2) is 18.2 Å². The summed E-state index contributed by atoms with van der Waals surface area (Å²) in [5.74, 6) is 1.77. The largest absolute Gasteiger partial charge is 0.382 e. The molecule has 0 aliphatic heterocycles. The van der Waals surface area contributed by atoms with E-state index in [9.17, 15) is 0 Å². The van der Waals surface area contributed by atoms with Gasteiger partial charge in [0.25, 0.3) is 0 Å². The Morgan fingerprint density at radius 2 is 1.95 bits per heavy atom. The van der Waals surface area contributed by atoms with E-state index in [2.05, 4.69) is 51.2 Å². The third kappa shape index (κ3) is 4.26. The average Bonchev–Trinajstić information content (AvgIpc) is 2.33. The fraction of sp³-hybridized carbons (Fsp3) is 0.667. The molecular weight excluding hydrogens is 230 g/mol. The van der Waals surface area contributed by atoms with Crippen molar-refractivity contribution in [3.8, 4) is 0 Å². The van der Waals surface area contributed by atoms with Crippen LogP contribution in [0, 0.1) is 25.7 Å². The first-order chi connectivity index (χ1) is 9.04. The molecule has 1 N–H and O–H groups in total. The average molecular weight is 259 g/mol. The minimum atomic E-state index is 0.680. The zero-order valence-corrected chi connectivity index (χ0v) is 13.0. The van der Waals surface area contributed by atoms with Crippen molar-refractivity contribution in [3.05, 3.63) is 29.3 Å². The van der Waals surface area contributed by atoms with E-state index in [1.165, 1.54) is 48.9 Å². The van der Waals surface area contributed by atoms with E-state index in [1.54, 1.807) is 0 Å². The molecule has 1 saturated carbocycles. The summed E-state index contributed by atoms with van der Waals surface area (Å²) in [7, 11) is 0. The van der Waals surface area contributed by atoms with E-state index in [4.69, 9.17) is 0 Å². The zero-order valence-electron chi connectivity index (χ0n) is 13.0. The monoisotopic (exact) mass is 259 g/mol. The molecular formula is C18H29N. The van der Waals surface area contributed by atoms with Gasteiger partial charge in [-0.05, 0) is 68.2 Å². The molecule has 0 aromatic heterocycles. The standard InChI is InChI=1S/C18H29N/c1-13(2)10-16-6-5-7-17(12-16)19-18-9-8-14(3)15(4)11-18/h8-9,11,13,16-17,19H,5-7,10,12H2,1-4H3. The smallest absolute Gasteiger partial charge is 0.0345 e. The van der Waals surface area contributed by atoms with Gasteiger partial charge in [0.2, 0.25) is 0 Å². The molecule has 1 fully saturated rings. The van der Waals surface area contributed by atoms with Gasteiger partial charge in [-0.1, -0.05) is 32.8 Å². The van der Waals surface area contributed by atoms with Crippen LogP contribution in [-0.2, 0) is 0 Å². The number of anilines is 1. The van der Waals surface area contributed by atoms with E-state index in [-0.39, 0.29) is 0 Å². The van der Waals surface area contributed by atoms with E-state index >= 15 is 0 Å². The second-order valence-corrected chi connectivity index (χ2v) is 6.80. The number of rotatable bonds is 4. The molecule has 0 heterocycles. The highest BCUT2D eigenvalue weighted by Gasteiger charge is 2.22. The number of benzene rings is 1. The minimum absolute atomic E-state index is 0.680. The number of hydrogen-bond donors (Lipinski definition) is 1. The topological polar surface area (TPSA) is 12.0 Å². The molecule has 2 unspecified atom stereocenters. The van der Waals surface area contributed by atoms with Gasteiger partial charge in [0.05, 0.1) is 0 Å². The highest BCUT2D eigenvalue weighted by atomic mass is 14.9. The lowest BCUT2D eigenvalue weighted by Gasteiger charge is -2.31. The van der Waals surface area contributed by atoms with Crippen molar-refractivity contribution < 1.29 is 0 Å². The van der Waals surface area contributed by atoms with Crippen LogP contribution in [0.25, 0.3) is 0 Å². The summed E-state index contributed by atoms with van der Waals surface area (Å²) >= 11 is 0. The summed E-state index contributed by atoms with van der Waals surface area (Å²) in [5.41, 5.74) is 4.07. The SMILES string of the molecule is Cc1ccc(NC2CCCC(CC(C)C)C2)cc1C. The third-order valence-corrected chi connectivity index (χ3v) is 4.47. The van der Waals surface area contributed by atoms with E-state index in [1.807, 2.05) is 0 Å². The Hall–Kier alpha value is -0.980. The molecule has 1 aliphatic carbocycles. The molecule has 0 radical (unpaired) electrons. The highest BCUT2D eigenvalue weighted by Crippen LogP contribution is 2.31. The van der Waals surface area contributed by atoms with Crippen LogP contribution in [0.2, 0.25) is 0 Å². The Morgan fingerprint density at radius 3 is 2.63 bits per heavy atom. The highest BCUT2D eigenvalue weighted by molar-refractivity contribution is 5.48. The lowest BCUT2D eigenvalue weighted by molar-refractivity contribution is 0.289. The fourth-order valence-electron chi connectivity index (χ4n) is 3.37. The van der Waals surface area contributed by atoms with Crippen molar-refractivity contribution in [2.45, 2.75) is 65.8 Å². The molecule has 2 rings (SSSR count). The minimum Gasteiger partial charge on any atom is -0.382 e. The molecule has 1 aromatic carbocycles.